The molecule has 0 amide bonds. The SMILES string of the molecule is NS(=O)(=O)c1ccc(Nc2cc3c(cc2Cl)NC(Cc2ccccc2)NS3)cc1. The molecule has 0 saturated carbocycles. The first-order chi connectivity index (χ1) is 13.9. The van der Waals surface area contributed by atoms with E-state index in [4.69, 9.17) is 16.7 Å². The predicted molar refractivity (Wildman–Crippen MR) is 119 cm³/mol. The maximum Gasteiger partial charge on any atom is 0.238 e. The van der Waals surface area contributed by atoms with Gasteiger partial charge in [0.1, 0.15) is 0 Å². The minimum absolute atomic E-state index is 0.0630. The van der Waals surface area contributed by atoms with Crippen LogP contribution in [0.1, 0.15) is 5.56 Å². The Hall–Kier alpha value is -2.23. The molecule has 1 unspecified atom stereocenters. The Morgan fingerprint density at radius 1 is 1.07 bits per heavy atom. The van der Waals surface area contributed by atoms with Crippen molar-refractivity contribution in [3.05, 3.63) is 77.3 Å². The standard InChI is InChI=1S/C20H19ClN4O2S2/c21-16-11-18-19(28-25-20(24-18)10-13-4-2-1-3-5-13)12-17(16)23-14-6-8-15(9-7-14)29(22,26)27/h1-9,11-12,20,23-25H,10H2,(H2,22,26,27). The number of nitrogens with one attached hydrogen (secondary N) is 3. The van der Waals surface area contributed by atoms with E-state index in [1.54, 1.807) is 24.1 Å². The smallest absolute Gasteiger partial charge is 0.238 e. The molecule has 4 rings (SSSR count). The van der Waals surface area contributed by atoms with Crippen molar-refractivity contribution in [2.45, 2.75) is 22.4 Å². The molecule has 1 heterocycles. The predicted octanol–water partition coefficient (Wildman–Crippen LogP) is 4.32. The van der Waals surface area contributed by atoms with Crippen LogP contribution in [0.4, 0.5) is 17.1 Å². The summed E-state index contributed by atoms with van der Waals surface area (Å²) in [5.41, 5.74) is 3.65. The highest BCUT2D eigenvalue weighted by molar-refractivity contribution is 7.97. The maximum atomic E-state index is 11.4. The first-order valence-electron chi connectivity index (χ1n) is 8.85. The highest BCUT2D eigenvalue weighted by Gasteiger charge is 2.20. The van der Waals surface area contributed by atoms with Crippen molar-refractivity contribution in [2.24, 2.45) is 5.14 Å². The van der Waals surface area contributed by atoms with Gasteiger partial charge in [0.15, 0.2) is 0 Å². The Balaban J connectivity index is 1.49. The van der Waals surface area contributed by atoms with Gasteiger partial charge in [-0.3, -0.25) is 0 Å². The largest absolute Gasteiger partial charge is 0.368 e. The van der Waals surface area contributed by atoms with Crippen LogP contribution in [-0.4, -0.2) is 14.6 Å². The second-order valence-corrected chi connectivity index (χ2v) is 9.48. The molecule has 0 spiro atoms. The van der Waals surface area contributed by atoms with Gasteiger partial charge in [-0.2, -0.15) is 0 Å². The lowest BCUT2D eigenvalue weighted by Crippen LogP contribution is -2.36. The second-order valence-electron chi connectivity index (χ2n) is 6.63. The van der Waals surface area contributed by atoms with Crippen molar-refractivity contribution in [3.8, 4) is 0 Å². The average Bonchev–Trinajstić information content (AvgIpc) is 2.69. The summed E-state index contributed by atoms with van der Waals surface area (Å²) in [6.07, 6.45) is 0.942. The summed E-state index contributed by atoms with van der Waals surface area (Å²) in [5.74, 6) is 0. The number of hydrogen-bond acceptors (Lipinski definition) is 6. The number of primary sulfonamides is 1. The van der Waals surface area contributed by atoms with Crippen molar-refractivity contribution in [3.63, 3.8) is 0 Å². The van der Waals surface area contributed by atoms with E-state index >= 15 is 0 Å². The molecule has 0 aromatic heterocycles. The van der Waals surface area contributed by atoms with E-state index in [-0.39, 0.29) is 11.1 Å². The van der Waals surface area contributed by atoms with E-state index in [2.05, 4.69) is 27.5 Å². The Labute approximate surface area is 179 Å². The van der Waals surface area contributed by atoms with Crippen LogP contribution in [0.5, 0.6) is 0 Å². The Morgan fingerprint density at radius 2 is 1.79 bits per heavy atom. The first-order valence-corrected chi connectivity index (χ1v) is 11.6. The molecule has 0 aliphatic carbocycles. The van der Waals surface area contributed by atoms with Crippen molar-refractivity contribution >= 4 is 50.6 Å². The highest BCUT2D eigenvalue weighted by Crippen LogP contribution is 2.38. The van der Waals surface area contributed by atoms with E-state index in [1.807, 2.05) is 30.3 Å². The second kappa shape index (κ2) is 8.25. The van der Waals surface area contributed by atoms with E-state index in [9.17, 15) is 8.42 Å². The summed E-state index contributed by atoms with van der Waals surface area (Å²) in [5, 5.41) is 12.4. The zero-order chi connectivity index (χ0) is 20.4. The molecule has 0 bridgehead atoms. The lowest BCUT2D eigenvalue weighted by molar-refractivity contribution is 0.598. The molecule has 0 radical (unpaired) electrons. The monoisotopic (exact) mass is 446 g/mol. The van der Waals surface area contributed by atoms with Crippen LogP contribution in [-0.2, 0) is 16.4 Å². The molecule has 9 heteroatoms. The van der Waals surface area contributed by atoms with Gasteiger partial charge in [0.05, 0.1) is 27.5 Å². The number of benzene rings is 3. The van der Waals surface area contributed by atoms with Crippen molar-refractivity contribution in [1.29, 1.82) is 0 Å². The van der Waals surface area contributed by atoms with Gasteiger partial charge in [-0.15, -0.1) is 0 Å². The lowest BCUT2D eigenvalue weighted by atomic mass is 10.1. The molecule has 3 aromatic rings. The van der Waals surface area contributed by atoms with Crippen LogP contribution in [0.3, 0.4) is 0 Å². The number of sulfonamides is 1. The number of halogens is 1. The third kappa shape index (κ3) is 4.85. The van der Waals surface area contributed by atoms with E-state index < -0.39 is 10.0 Å². The van der Waals surface area contributed by atoms with Gasteiger partial charge in [0.25, 0.3) is 0 Å². The maximum absolute atomic E-state index is 11.4. The summed E-state index contributed by atoms with van der Waals surface area (Å²) in [6, 6.07) is 20.3. The van der Waals surface area contributed by atoms with Crippen LogP contribution >= 0.6 is 23.5 Å². The Bertz CT molecular complexity index is 1120. The zero-order valence-corrected chi connectivity index (χ0v) is 17.6. The summed E-state index contributed by atoms with van der Waals surface area (Å²) >= 11 is 8.02. The van der Waals surface area contributed by atoms with Crippen molar-refractivity contribution in [1.82, 2.24) is 4.72 Å². The Kier molecular flexibility index (Phi) is 5.71. The molecule has 1 aliphatic heterocycles. The molecule has 3 aromatic carbocycles. The first kappa shape index (κ1) is 20.1. The van der Waals surface area contributed by atoms with Crippen LogP contribution in [0, 0.1) is 0 Å². The third-order valence-electron chi connectivity index (χ3n) is 4.45. The minimum atomic E-state index is -3.71. The van der Waals surface area contributed by atoms with E-state index in [0.717, 1.165) is 22.7 Å². The molecule has 0 fully saturated rings. The van der Waals surface area contributed by atoms with Crippen LogP contribution in [0.2, 0.25) is 5.02 Å². The van der Waals surface area contributed by atoms with E-state index in [1.165, 1.54) is 17.7 Å². The quantitative estimate of drug-likeness (QED) is 0.436. The Morgan fingerprint density at radius 3 is 2.48 bits per heavy atom. The van der Waals surface area contributed by atoms with Crippen LogP contribution in [0.15, 0.2) is 76.5 Å². The van der Waals surface area contributed by atoms with Gasteiger partial charge in [0, 0.05) is 17.0 Å². The third-order valence-corrected chi connectivity index (χ3v) is 6.66. The molecule has 150 valence electrons. The highest BCUT2D eigenvalue weighted by atomic mass is 35.5. The van der Waals surface area contributed by atoms with E-state index in [0.29, 0.717) is 10.7 Å². The topological polar surface area (TPSA) is 96.2 Å². The summed E-state index contributed by atoms with van der Waals surface area (Å²) in [6.45, 7) is 0. The fraction of sp³-hybridized carbons (Fsp3) is 0.100. The molecule has 1 aliphatic rings. The molecular weight excluding hydrogens is 428 g/mol. The number of hydrogen-bond donors (Lipinski definition) is 4. The normalized spacial score (nSPS) is 16.0. The summed E-state index contributed by atoms with van der Waals surface area (Å²) < 4.78 is 26.2. The van der Waals surface area contributed by atoms with Gasteiger partial charge in [-0.1, -0.05) is 41.9 Å². The van der Waals surface area contributed by atoms with Crippen molar-refractivity contribution < 1.29 is 8.42 Å². The number of rotatable bonds is 5. The fourth-order valence-electron chi connectivity index (χ4n) is 3.02. The summed E-state index contributed by atoms with van der Waals surface area (Å²) in [4.78, 5) is 1.08. The molecular formula is C20H19ClN4O2S2. The molecule has 1 atom stereocenters. The van der Waals surface area contributed by atoms with Gasteiger partial charge in [0.2, 0.25) is 10.0 Å². The van der Waals surface area contributed by atoms with Gasteiger partial charge < -0.3 is 10.6 Å². The van der Waals surface area contributed by atoms with Gasteiger partial charge in [-0.25, -0.2) is 18.3 Å². The lowest BCUT2D eigenvalue weighted by Gasteiger charge is -2.28. The summed E-state index contributed by atoms with van der Waals surface area (Å²) in [7, 11) is -3.71. The number of fused-ring (bicyclic) bond motifs is 1. The number of nitrogens with two attached hydrogens (primary N) is 1. The van der Waals surface area contributed by atoms with Gasteiger partial charge in [-0.05, 0) is 53.9 Å². The zero-order valence-electron chi connectivity index (χ0n) is 15.2. The fourth-order valence-corrected chi connectivity index (χ4v) is 4.57. The minimum Gasteiger partial charge on any atom is -0.368 e. The molecule has 6 nitrogen and oxygen atoms in total. The number of anilines is 3. The van der Waals surface area contributed by atoms with Crippen molar-refractivity contribution in [2.75, 3.05) is 10.6 Å². The average molecular weight is 447 g/mol. The van der Waals surface area contributed by atoms with Crippen LogP contribution in [0.25, 0.3) is 0 Å². The van der Waals surface area contributed by atoms with Gasteiger partial charge >= 0.3 is 0 Å². The molecule has 5 N–H and O–H groups in total. The molecule has 0 saturated heterocycles. The molecule has 29 heavy (non-hydrogen) atoms. The van der Waals surface area contributed by atoms with Crippen LogP contribution < -0.4 is 20.5 Å².